The molecule has 108 valence electrons. The van der Waals surface area contributed by atoms with Gasteiger partial charge in [-0.05, 0) is 49.9 Å². The molecule has 0 saturated heterocycles. The maximum Gasteiger partial charge on any atom is 0.335 e. The summed E-state index contributed by atoms with van der Waals surface area (Å²) in [4.78, 5) is 22.4. The number of rotatable bonds is 7. The fourth-order valence-corrected chi connectivity index (χ4v) is 2.02. The Labute approximate surface area is 118 Å². The molecule has 1 aliphatic rings. The molecule has 1 fully saturated rings. The van der Waals surface area contributed by atoms with Crippen molar-refractivity contribution in [3.05, 3.63) is 29.3 Å². The van der Waals surface area contributed by atoms with Gasteiger partial charge in [0.15, 0.2) is 0 Å². The molecule has 0 heterocycles. The topological polar surface area (TPSA) is 78.4 Å². The summed E-state index contributed by atoms with van der Waals surface area (Å²) in [5, 5.41) is 15.1. The first kappa shape index (κ1) is 14.4. The monoisotopic (exact) mass is 276 g/mol. The molecule has 2 rings (SSSR count). The molecule has 1 aromatic carbocycles. The Morgan fingerprint density at radius 1 is 1.35 bits per heavy atom. The Morgan fingerprint density at radius 3 is 2.70 bits per heavy atom. The van der Waals surface area contributed by atoms with Crippen molar-refractivity contribution in [2.75, 3.05) is 11.9 Å². The van der Waals surface area contributed by atoms with E-state index in [4.69, 9.17) is 5.11 Å². The van der Waals surface area contributed by atoms with Crippen LogP contribution in [0.1, 0.15) is 41.6 Å². The number of nitrogens with one attached hydrogen (secondary N) is 2. The van der Waals surface area contributed by atoms with Crippen molar-refractivity contribution in [1.82, 2.24) is 5.32 Å². The summed E-state index contributed by atoms with van der Waals surface area (Å²) in [6, 6.07) is 5.58. The molecule has 3 N–H and O–H groups in total. The number of carboxylic acid groups (broad SMARTS) is 1. The summed E-state index contributed by atoms with van der Waals surface area (Å²) in [7, 11) is 0. The average Bonchev–Trinajstić information content (AvgIpc) is 3.18. The van der Waals surface area contributed by atoms with Crippen molar-refractivity contribution in [2.45, 2.75) is 38.6 Å². The normalized spacial score (nSPS) is 13.8. The zero-order valence-corrected chi connectivity index (χ0v) is 11.6. The number of anilines is 1. The lowest BCUT2D eigenvalue weighted by Gasteiger charge is -2.09. The minimum atomic E-state index is -0.911. The van der Waals surface area contributed by atoms with Gasteiger partial charge in [-0.25, -0.2) is 4.79 Å². The van der Waals surface area contributed by atoms with Gasteiger partial charge in [0, 0.05) is 24.7 Å². The van der Waals surface area contributed by atoms with Gasteiger partial charge in [-0.15, -0.1) is 0 Å². The van der Waals surface area contributed by atoms with Gasteiger partial charge < -0.3 is 15.7 Å². The van der Waals surface area contributed by atoms with Gasteiger partial charge in [0.25, 0.3) is 0 Å². The van der Waals surface area contributed by atoms with E-state index in [1.807, 2.05) is 6.07 Å². The van der Waals surface area contributed by atoms with Gasteiger partial charge in [-0.2, -0.15) is 0 Å². The first-order chi connectivity index (χ1) is 9.56. The van der Waals surface area contributed by atoms with Crippen LogP contribution < -0.4 is 10.6 Å². The van der Waals surface area contributed by atoms with E-state index in [9.17, 15) is 9.59 Å². The highest BCUT2D eigenvalue weighted by Crippen LogP contribution is 2.19. The third-order valence-electron chi connectivity index (χ3n) is 3.31. The summed E-state index contributed by atoms with van der Waals surface area (Å²) in [5.41, 5.74) is 1.93. The average molecular weight is 276 g/mol. The van der Waals surface area contributed by atoms with Crippen molar-refractivity contribution >= 4 is 17.6 Å². The zero-order valence-electron chi connectivity index (χ0n) is 11.6. The SMILES string of the molecule is Cc1cc(NCCCC(=O)NC2CC2)ccc1C(=O)O. The number of carboxylic acids is 1. The van der Waals surface area contributed by atoms with Crippen LogP contribution in [0, 0.1) is 6.92 Å². The number of hydrogen-bond donors (Lipinski definition) is 3. The Morgan fingerprint density at radius 2 is 2.10 bits per heavy atom. The number of aromatic carboxylic acids is 1. The second kappa shape index (κ2) is 6.41. The van der Waals surface area contributed by atoms with Crippen molar-refractivity contribution in [2.24, 2.45) is 0 Å². The molecule has 0 aliphatic heterocycles. The van der Waals surface area contributed by atoms with E-state index < -0.39 is 5.97 Å². The molecule has 0 atom stereocenters. The van der Waals surface area contributed by atoms with Gasteiger partial charge >= 0.3 is 5.97 Å². The quantitative estimate of drug-likeness (QED) is 0.667. The largest absolute Gasteiger partial charge is 0.478 e. The van der Waals surface area contributed by atoms with Gasteiger partial charge in [0.1, 0.15) is 0 Å². The Bertz CT molecular complexity index is 510. The summed E-state index contributed by atoms with van der Waals surface area (Å²) < 4.78 is 0. The lowest BCUT2D eigenvalue weighted by Crippen LogP contribution is -2.25. The fraction of sp³-hybridized carbons (Fsp3) is 0.467. The molecule has 0 aromatic heterocycles. The van der Waals surface area contributed by atoms with E-state index in [-0.39, 0.29) is 5.91 Å². The number of carbonyl (C=O) groups is 2. The van der Waals surface area contributed by atoms with Crippen LogP contribution in [0.5, 0.6) is 0 Å². The zero-order chi connectivity index (χ0) is 14.5. The highest BCUT2D eigenvalue weighted by Gasteiger charge is 2.22. The third-order valence-corrected chi connectivity index (χ3v) is 3.31. The lowest BCUT2D eigenvalue weighted by atomic mass is 10.1. The van der Waals surface area contributed by atoms with Crippen molar-refractivity contribution in [3.63, 3.8) is 0 Å². The molecule has 0 bridgehead atoms. The van der Waals surface area contributed by atoms with Crippen LogP contribution in [-0.4, -0.2) is 29.6 Å². The Balaban J connectivity index is 1.72. The molecule has 1 amide bonds. The van der Waals surface area contributed by atoms with Gasteiger partial charge in [-0.1, -0.05) is 0 Å². The minimum absolute atomic E-state index is 0.117. The van der Waals surface area contributed by atoms with Crippen LogP contribution >= 0.6 is 0 Å². The molecule has 20 heavy (non-hydrogen) atoms. The summed E-state index contributed by atoms with van der Waals surface area (Å²) >= 11 is 0. The van der Waals surface area contributed by atoms with E-state index in [0.717, 1.165) is 30.5 Å². The molecule has 0 spiro atoms. The second-order valence-electron chi connectivity index (χ2n) is 5.21. The van der Waals surface area contributed by atoms with Crippen LogP contribution in [0.3, 0.4) is 0 Å². The van der Waals surface area contributed by atoms with Crippen molar-refractivity contribution in [3.8, 4) is 0 Å². The number of aryl methyl sites for hydroxylation is 1. The number of carbonyl (C=O) groups excluding carboxylic acids is 1. The Hall–Kier alpha value is -2.04. The second-order valence-corrected chi connectivity index (χ2v) is 5.21. The molecule has 1 aliphatic carbocycles. The predicted octanol–water partition coefficient (Wildman–Crippen LogP) is 2.16. The van der Waals surface area contributed by atoms with Crippen LogP contribution in [0.2, 0.25) is 0 Å². The maximum atomic E-state index is 11.5. The molecule has 1 aromatic rings. The van der Waals surface area contributed by atoms with Gasteiger partial charge in [0.05, 0.1) is 5.56 Å². The molecule has 5 nitrogen and oxygen atoms in total. The summed E-state index contributed by atoms with van der Waals surface area (Å²) in [6.45, 7) is 2.47. The first-order valence-electron chi connectivity index (χ1n) is 6.93. The van der Waals surface area contributed by atoms with E-state index in [0.29, 0.717) is 24.6 Å². The van der Waals surface area contributed by atoms with Gasteiger partial charge in [0.2, 0.25) is 5.91 Å². The standard InChI is InChI=1S/C15H20N2O3/c1-10-9-12(6-7-13(10)15(19)20)16-8-2-3-14(18)17-11-4-5-11/h6-7,9,11,16H,2-5,8H2,1H3,(H,17,18)(H,19,20). The fourth-order valence-electron chi connectivity index (χ4n) is 2.02. The van der Waals surface area contributed by atoms with Crippen LogP contribution in [0.25, 0.3) is 0 Å². The third kappa shape index (κ3) is 4.26. The lowest BCUT2D eigenvalue weighted by molar-refractivity contribution is -0.121. The predicted molar refractivity (Wildman–Crippen MR) is 77.0 cm³/mol. The van der Waals surface area contributed by atoms with E-state index in [1.165, 1.54) is 0 Å². The van der Waals surface area contributed by atoms with Crippen molar-refractivity contribution < 1.29 is 14.7 Å². The number of amides is 1. The molecule has 5 heteroatoms. The van der Waals surface area contributed by atoms with E-state index in [1.54, 1.807) is 19.1 Å². The maximum absolute atomic E-state index is 11.5. The Kier molecular flexibility index (Phi) is 4.61. The molecule has 0 unspecified atom stereocenters. The highest BCUT2D eigenvalue weighted by molar-refractivity contribution is 5.89. The first-order valence-corrected chi connectivity index (χ1v) is 6.93. The molecular weight excluding hydrogens is 256 g/mol. The van der Waals surface area contributed by atoms with Crippen LogP contribution in [0.4, 0.5) is 5.69 Å². The van der Waals surface area contributed by atoms with E-state index >= 15 is 0 Å². The van der Waals surface area contributed by atoms with Gasteiger partial charge in [-0.3, -0.25) is 4.79 Å². The summed E-state index contributed by atoms with van der Waals surface area (Å²) in [6.07, 6.45) is 3.51. The van der Waals surface area contributed by atoms with E-state index in [2.05, 4.69) is 10.6 Å². The summed E-state index contributed by atoms with van der Waals surface area (Å²) in [5.74, 6) is -0.794. The molecular formula is C15H20N2O3. The molecule has 1 saturated carbocycles. The highest BCUT2D eigenvalue weighted by atomic mass is 16.4. The van der Waals surface area contributed by atoms with Crippen molar-refractivity contribution in [1.29, 1.82) is 0 Å². The molecule has 0 radical (unpaired) electrons. The number of hydrogen-bond acceptors (Lipinski definition) is 3. The minimum Gasteiger partial charge on any atom is -0.478 e. The van der Waals surface area contributed by atoms with Crippen LogP contribution in [-0.2, 0) is 4.79 Å². The van der Waals surface area contributed by atoms with Crippen LogP contribution in [0.15, 0.2) is 18.2 Å². The smallest absolute Gasteiger partial charge is 0.335 e. The number of benzene rings is 1.